The molecule has 0 unspecified atom stereocenters. The molecular weight excluding hydrogens is 342 g/mol. The van der Waals surface area contributed by atoms with Crippen molar-refractivity contribution < 1.29 is 14.2 Å². The fourth-order valence-electron chi connectivity index (χ4n) is 4.44. The maximum absolute atomic E-state index is 6.26. The van der Waals surface area contributed by atoms with Crippen LogP contribution in [0.1, 0.15) is 56.9 Å². The van der Waals surface area contributed by atoms with Crippen molar-refractivity contribution in [2.45, 2.75) is 62.8 Å². The summed E-state index contributed by atoms with van der Waals surface area (Å²) in [5.41, 5.74) is 7.44. The minimum absolute atomic E-state index is 0.0605. The molecule has 3 aliphatic rings. The van der Waals surface area contributed by atoms with Crippen molar-refractivity contribution in [1.82, 2.24) is 5.32 Å². The molecule has 2 aliphatic heterocycles. The second-order valence-corrected chi connectivity index (χ2v) is 8.00. The first-order valence-electron chi connectivity index (χ1n) is 10.3. The number of nitrogens with one attached hydrogen (secondary N) is 1. The molecule has 0 amide bonds. The average Bonchev–Trinajstić information content (AvgIpc) is 3.03. The summed E-state index contributed by atoms with van der Waals surface area (Å²) >= 11 is 0. The highest BCUT2D eigenvalue weighted by Crippen LogP contribution is 2.41. The molecule has 148 valence electrons. The summed E-state index contributed by atoms with van der Waals surface area (Å²) in [6.45, 7) is 2.46. The van der Waals surface area contributed by atoms with E-state index in [4.69, 9.17) is 24.9 Å². The zero-order valence-electron chi connectivity index (χ0n) is 16.0. The van der Waals surface area contributed by atoms with E-state index in [0.29, 0.717) is 25.3 Å². The summed E-state index contributed by atoms with van der Waals surface area (Å²) in [5.74, 6) is 2.22. The molecule has 0 aromatic heterocycles. The normalized spacial score (nSPS) is 23.0. The number of nitrogens with two attached hydrogens (primary N) is 1. The van der Waals surface area contributed by atoms with Crippen LogP contribution < -0.4 is 20.5 Å². The monoisotopic (exact) mass is 373 g/mol. The fraction of sp³-hybridized carbons (Fsp3) is 0.667. The summed E-state index contributed by atoms with van der Waals surface area (Å²) < 4.78 is 16.7. The van der Waals surface area contributed by atoms with Crippen molar-refractivity contribution in [1.29, 1.82) is 0 Å². The molecule has 6 heteroatoms. The number of hydrogen-bond acceptors (Lipinski definition) is 4. The lowest BCUT2D eigenvalue weighted by molar-refractivity contribution is 0.0530. The van der Waals surface area contributed by atoms with Gasteiger partial charge in [-0.25, -0.2) is 0 Å². The van der Waals surface area contributed by atoms with Crippen LogP contribution in [0, 0.1) is 0 Å². The van der Waals surface area contributed by atoms with Gasteiger partial charge in [0.05, 0.1) is 6.54 Å². The van der Waals surface area contributed by atoms with Gasteiger partial charge in [-0.2, -0.15) is 0 Å². The predicted molar refractivity (Wildman–Crippen MR) is 105 cm³/mol. The molecule has 4 rings (SSSR count). The molecule has 1 saturated heterocycles. The van der Waals surface area contributed by atoms with Crippen molar-refractivity contribution in [2.24, 2.45) is 10.7 Å². The molecule has 1 saturated carbocycles. The standard InChI is InChI=1S/C21H31N3O3/c22-20(24-17-5-3-1-2-4-6-17)23-14-21(9-11-25-12-10-21)16-7-8-18-19(13-16)27-15-26-18/h7-8,13,17H,1-6,9-12,14-15H2,(H3,22,23,24). The molecule has 0 bridgehead atoms. The molecule has 0 radical (unpaired) electrons. The molecule has 27 heavy (non-hydrogen) atoms. The van der Waals surface area contributed by atoms with Crippen LogP contribution in [0.15, 0.2) is 23.2 Å². The molecule has 3 N–H and O–H groups in total. The van der Waals surface area contributed by atoms with Gasteiger partial charge in [0.2, 0.25) is 6.79 Å². The smallest absolute Gasteiger partial charge is 0.231 e. The summed E-state index contributed by atoms with van der Waals surface area (Å²) in [7, 11) is 0. The highest BCUT2D eigenvalue weighted by Gasteiger charge is 2.35. The lowest BCUT2D eigenvalue weighted by Gasteiger charge is -2.36. The summed E-state index contributed by atoms with van der Waals surface area (Å²) in [6.07, 6.45) is 9.49. The predicted octanol–water partition coefficient (Wildman–Crippen LogP) is 3.09. The second-order valence-electron chi connectivity index (χ2n) is 8.00. The third-order valence-corrected chi connectivity index (χ3v) is 6.19. The van der Waals surface area contributed by atoms with Gasteiger partial charge in [0.15, 0.2) is 17.5 Å². The van der Waals surface area contributed by atoms with Crippen molar-refractivity contribution >= 4 is 5.96 Å². The van der Waals surface area contributed by atoms with Crippen LogP contribution in [-0.2, 0) is 10.2 Å². The van der Waals surface area contributed by atoms with Crippen LogP contribution in [0.4, 0.5) is 0 Å². The van der Waals surface area contributed by atoms with E-state index in [1.165, 1.54) is 44.1 Å². The van der Waals surface area contributed by atoms with E-state index in [1.54, 1.807) is 0 Å². The number of hydrogen-bond donors (Lipinski definition) is 2. The van der Waals surface area contributed by atoms with Gasteiger partial charge in [-0.15, -0.1) is 0 Å². The van der Waals surface area contributed by atoms with Gasteiger partial charge in [0.1, 0.15) is 0 Å². The van der Waals surface area contributed by atoms with Crippen molar-refractivity contribution in [3.63, 3.8) is 0 Å². The van der Waals surface area contributed by atoms with Crippen LogP contribution in [0.25, 0.3) is 0 Å². The number of benzene rings is 1. The summed E-state index contributed by atoms with van der Waals surface area (Å²) in [5, 5.41) is 3.46. The van der Waals surface area contributed by atoms with Gasteiger partial charge in [0, 0.05) is 24.7 Å². The van der Waals surface area contributed by atoms with E-state index in [-0.39, 0.29) is 5.41 Å². The first-order valence-corrected chi connectivity index (χ1v) is 10.3. The Labute approximate surface area is 161 Å². The fourth-order valence-corrected chi connectivity index (χ4v) is 4.44. The van der Waals surface area contributed by atoms with Crippen molar-refractivity contribution in [3.8, 4) is 11.5 Å². The van der Waals surface area contributed by atoms with Crippen LogP contribution >= 0.6 is 0 Å². The number of ether oxygens (including phenoxy) is 3. The first-order chi connectivity index (χ1) is 13.3. The molecule has 0 spiro atoms. The summed E-state index contributed by atoms with van der Waals surface area (Å²) in [6, 6.07) is 6.72. The van der Waals surface area contributed by atoms with E-state index in [9.17, 15) is 0 Å². The Kier molecular flexibility index (Phi) is 5.72. The van der Waals surface area contributed by atoms with E-state index in [1.807, 2.05) is 6.07 Å². The van der Waals surface area contributed by atoms with Gasteiger partial charge in [-0.1, -0.05) is 31.7 Å². The molecule has 1 aromatic rings. The molecule has 1 aromatic carbocycles. The highest BCUT2D eigenvalue weighted by atomic mass is 16.7. The van der Waals surface area contributed by atoms with E-state index in [0.717, 1.165) is 37.6 Å². The van der Waals surface area contributed by atoms with Crippen LogP contribution in [0.3, 0.4) is 0 Å². The second kappa shape index (κ2) is 8.38. The lowest BCUT2D eigenvalue weighted by atomic mass is 9.74. The molecule has 2 heterocycles. The Morgan fingerprint density at radius 3 is 2.59 bits per heavy atom. The number of rotatable bonds is 4. The zero-order chi connectivity index (χ0) is 18.5. The molecule has 0 atom stereocenters. The topological polar surface area (TPSA) is 78.1 Å². The third-order valence-electron chi connectivity index (χ3n) is 6.19. The Bertz CT molecular complexity index is 663. The number of nitrogens with zero attached hydrogens (tertiary/aromatic N) is 1. The molecule has 1 aliphatic carbocycles. The quantitative estimate of drug-likeness (QED) is 0.482. The molecular formula is C21H31N3O3. The average molecular weight is 373 g/mol. The first kappa shape index (κ1) is 18.4. The Hall–Kier alpha value is -1.95. The number of aliphatic imine (C=N–C) groups is 1. The zero-order valence-corrected chi connectivity index (χ0v) is 16.0. The van der Waals surface area contributed by atoms with Crippen molar-refractivity contribution in [2.75, 3.05) is 26.6 Å². The van der Waals surface area contributed by atoms with Crippen LogP contribution in [0.5, 0.6) is 11.5 Å². The maximum Gasteiger partial charge on any atom is 0.231 e. The largest absolute Gasteiger partial charge is 0.454 e. The van der Waals surface area contributed by atoms with E-state index in [2.05, 4.69) is 17.4 Å². The van der Waals surface area contributed by atoms with Gasteiger partial charge >= 0.3 is 0 Å². The maximum atomic E-state index is 6.26. The minimum Gasteiger partial charge on any atom is -0.454 e. The SMILES string of the molecule is NC(=NCC1(c2ccc3c(c2)OCO3)CCOCC1)NC1CCCCCC1. The lowest BCUT2D eigenvalue weighted by Crippen LogP contribution is -2.42. The highest BCUT2D eigenvalue weighted by molar-refractivity contribution is 5.78. The van der Waals surface area contributed by atoms with E-state index >= 15 is 0 Å². The number of guanidine groups is 1. The Morgan fingerprint density at radius 1 is 1.07 bits per heavy atom. The van der Waals surface area contributed by atoms with Gasteiger partial charge in [-0.05, 0) is 43.4 Å². The number of fused-ring (bicyclic) bond motifs is 1. The van der Waals surface area contributed by atoms with Crippen LogP contribution in [0.2, 0.25) is 0 Å². The van der Waals surface area contributed by atoms with E-state index < -0.39 is 0 Å². The van der Waals surface area contributed by atoms with Crippen molar-refractivity contribution in [3.05, 3.63) is 23.8 Å². The van der Waals surface area contributed by atoms with Crippen LogP contribution in [-0.4, -0.2) is 38.6 Å². The third kappa shape index (κ3) is 4.32. The minimum atomic E-state index is -0.0605. The van der Waals surface area contributed by atoms with Gasteiger partial charge in [-0.3, -0.25) is 4.99 Å². The van der Waals surface area contributed by atoms with Gasteiger partial charge in [0.25, 0.3) is 0 Å². The Balaban J connectivity index is 1.48. The summed E-state index contributed by atoms with van der Waals surface area (Å²) in [4.78, 5) is 4.77. The Morgan fingerprint density at radius 2 is 1.81 bits per heavy atom. The molecule has 2 fully saturated rings. The molecule has 6 nitrogen and oxygen atoms in total. The van der Waals surface area contributed by atoms with Gasteiger partial charge < -0.3 is 25.3 Å².